The van der Waals surface area contributed by atoms with Crippen LogP contribution >= 0.6 is 0 Å². The lowest BCUT2D eigenvalue weighted by atomic mass is 10.2. The van der Waals surface area contributed by atoms with E-state index in [4.69, 9.17) is 0 Å². The Morgan fingerprint density at radius 3 is 2.71 bits per heavy atom. The second-order valence-electron chi connectivity index (χ2n) is 5.28. The lowest BCUT2D eigenvalue weighted by Gasteiger charge is -2.07. The molecule has 3 aromatic rings. The second kappa shape index (κ2) is 6.74. The number of hydrogen-bond donors (Lipinski definition) is 1. The summed E-state index contributed by atoms with van der Waals surface area (Å²) in [5.74, 6) is -1.28. The molecule has 0 unspecified atom stereocenters. The predicted octanol–water partition coefficient (Wildman–Crippen LogP) is 2.70. The molecule has 124 valence electrons. The largest absolute Gasteiger partial charge is 0.352 e. The zero-order chi connectivity index (χ0) is 17.1. The molecule has 5 nitrogen and oxygen atoms in total. The van der Waals surface area contributed by atoms with E-state index in [0.717, 1.165) is 35.2 Å². The van der Waals surface area contributed by atoms with Crippen molar-refractivity contribution in [3.8, 4) is 0 Å². The maximum Gasteiger partial charge on any atom is 0.251 e. The van der Waals surface area contributed by atoms with Crippen LogP contribution in [0.5, 0.6) is 0 Å². The number of carbonyl (C=O) groups excluding carboxylic acids is 1. The quantitative estimate of drug-likeness (QED) is 0.782. The smallest absolute Gasteiger partial charge is 0.251 e. The highest BCUT2D eigenvalue weighted by Gasteiger charge is 2.12. The van der Waals surface area contributed by atoms with Crippen molar-refractivity contribution in [3.05, 3.63) is 59.6 Å². The first kappa shape index (κ1) is 16.0. The van der Waals surface area contributed by atoms with E-state index in [1.165, 1.54) is 0 Å². The Balaban J connectivity index is 1.69. The van der Waals surface area contributed by atoms with Crippen molar-refractivity contribution in [2.24, 2.45) is 0 Å². The molecular formula is C17H16F2N4O. The molecule has 1 aromatic carbocycles. The number of carbonyl (C=O) groups is 1. The summed E-state index contributed by atoms with van der Waals surface area (Å²) in [5.41, 5.74) is 1.56. The van der Waals surface area contributed by atoms with Gasteiger partial charge < -0.3 is 9.88 Å². The molecule has 0 spiro atoms. The summed E-state index contributed by atoms with van der Waals surface area (Å²) in [6.45, 7) is 3.01. The summed E-state index contributed by atoms with van der Waals surface area (Å²) >= 11 is 0. The Bertz CT molecular complexity index is 871. The molecule has 0 aliphatic rings. The number of pyridine rings is 1. The number of halogens is 2. The number of nitrogens with zero attached hydrogens (tertiary/aromatic N) is 3. The van der Waals surface area contributed by atoms with Gasteiger partial charge in [0.25, 0.3) is 5.91 Å². The van der Waals surface area contributed by atoms with E-state index >= 15 is 0 Å². The molecule has 0 fully saturated rings. The summed E-state index contributed by atoms with van der Waals surface area (Å²) in [6.07, 6.45) is 2.20. The monoisotopic (exact) mass is 330 g/mol. The number of hydrogen-bond acceptors (Lipinski definition) is 3. The Labute approximate surface area is 137 Å². The molecule has 0 atom stereocenters. The molecule has 0 saturated heterocycles. The van der Waals surface area contributed by atoms with E-state index in [0.29, 0.717) is 19.5 Å². The van der Waals surface area contributed by atoms with Crippen LogP contribution in [0.15, 0.2) is 36.5 Å². The van der Waals surface area contributed by atoms with Crippen molar-refractivity contribution in [3.63, 3.8) is 0 Å². The lowest BCUT2D eigenvalue weighted by molar-refractivity contribution is 0.0953. The van der Waals surface area contributed by atoms with Gasteiger partial charge in [-0.25, -0.2) is 18.7 Å². The number of benzene rings is 1. The normalized spacial score (nSPS) is 11.0. The minimum atomic E-state index is -0.779. The highest BCUT2D eigenvalue weighted by molar-refractivity contribution is 5.94. The minimum absolute atomic E-state index is 0.0434. The first-order valence-corrected chi connectivity index (χ1v) is 7.63. The number of aromatic nitrogens is 3. The Morgan fingerprint density at radius 2 is 2.00 bits per heavy atom. The molecule has 0 aliphatic heterocycles. The molecule has 24 heavy (non-hydrogen) atoms. The Hall–Kier alpha value is -2.83. The summed E-state index contributed by atoms with van der Waals surface area (Å²) in [7, 11) is 0. The number of fused-ring (bicyclic) bond motifs is 1. The van der Waals surface area contributed by atoms with Crippen LogP contribution in [-0.4, -0.2) is 27.0 Å². The van der Waals surface area contributed by atoms with E-state index in [9.17, 15) is 13.6 Å². The third-order valence-corrected chi connectivity index (χ3v) is 3.66. The van der Waals surface area contributed by atoms with E-state index in [1.54, 1.807) is 6.20 Å². The van der Waals surface area contributed by atoms with Crippen LogP contribution in [0.3, 0.4) is 0 Å². The predicted molar refractivity (Wildman–Crippen MR) is 85.6 cm³/mol. The van der Waals surface area contributed by atoms with Crippen LogP contribution in [0, 0.1) is 11.6 Å². The first-order chi connectivity index (χ1) is 11.6. The fourth-order valence-corrected chi connectivity index (χ4v) is 2.60. The summed E-state index contributed by atoms with van der Waals surface area (Å²) in [6, 6.07) is 6.44. The molecule has 0 bridgehead atoms. The van der Waals surface area contributed by atoms with Gasteiger partial charge in [0.2, 0.25) is 0 Å². The van der Waals surface area contributed by atoms with Crippen LogP contribution in [-0.2, 0) is 13.0 Å². The molecule has 0 saturated carbocycles. The van der Waals surface area contributed by atoms with Crippen molar-refractivity contribution < 1.29 is 13.6 Å². The molecule has 0 radical (unpaired) electrons. The highest BCUT2D eigenvalue weighted by atomic mass is 19.1. The van der Waals surface area contributed by atoms with Gasteiger partial charge in [-0.05, 0) is 31.2 Å². The average molecular weight is 330 g/mol. The molecule has 0 aliphatic carbocycles. The fraction of sp³-hybridized carbons (Fsp3) is 0.235. The van der Waals surface area contributed by atoms with Crippen LogP contribution in [0.1, 0.15) is 23.1 Å². The average Bonchev–Trinajstić information content (AvgIpc) is 2.91. The number of rotatable bonds is 5. The summed E-state index contributed by atoms with van der Waals surface area (Å²) in [5, 5.41) is 2.65. The summed E-state index contributed by atoms with van der Waals surface area (Å²) in [4.78, 5) is 20.8. The molecule has 7 heteroatoms. The number of nitrogens with one attached hydrogen (secondary N) is 1. The standard InChI is InChI=1S/C17H16F2N4O/c1-2-23-15(22-14-4-3-6-20-16(14)23)5-7-21-17(24)11-8-12(18)10-13(19)9-11/h3-4,6,8-10H,2,5,7H2,1H3,(H,21,24). The van der Waals surface area contributed by atoms with E-state index in [-0.39, 0.29) is 5.56 Å². The minimum Gasteiger partial charge on any atom is -0.352 e. The van der Waals surface area contributed by atoms with Crippen LogP contribution in [0.4, 0.5) is 8.78 Å². The van der Waals surface area contributed by atoms with Crippen molar-refractivity contribution in [2.45, 2.75) is 19.9 Å². The third-order valence-electron chi connectivity index (χ3n) is 3.66. The molecular weight excluding hydrogens is 314 g/mol. The number of aryl methyl sites for hydroxylation is 1. The SMILES string of the molecule is CCn1c(CCNC(=O)c2cc(F)cc(F)c2)nc2cccnc21. The fourth-order valence-electron chi connectivity index (χ4n) is 2.60. The summed E-state index contributed by atoms with van der Waals surface area (Å²) < 4.78 is 28.3. The highest BCUT2D eigenvalue weighted by Crippen LogP contribution is 2.13. The van der Waals surface area contributed by atoms with Gasteiger partial charge in [-0.15, -0.1) is 0 Å². The van der Waals surface area contributed by atoms with Crippen LogP contribution in [0.25, 0.3) is 11.2 Å². The maximum absolute atomic E-state index is 13.2. The number of imidazole rings is 1. The third kappa shape index (κ3) is 3.24. The van der Waals surface area contributed by atoms with Gasteiger partial charge in [0.15, 0.2) is 5.65 Å². The van der Waals surface area contributed by atoms with Crippen LogP contribution in [0.2, 0.25) is 0 Å². The number of amides is 1. The molecule has 3 rings (SSSR count). The van der Waals surface area contributed by atoms with Gasteiger partial charge in [0.1, 0.15) is 23.0 Å². The van der Waals surface area contributed by atoms with Crippen molar-refractivity contribution in [1.82, 2.24) is 19.9 Å². The Morgan fingerprint density at radius 1 is 1.25 bits per heavy atom. The molecule has 2 heterocycles. The van der Waals surface area contributed by atoms with Crippen molar-refractivity contribution >= 4 is 17.1 Å². The van der Waals surface area contributed by atoms with Gasteiger partial charge >= 0.3 is 0 Å². The molecule has 1 N–H and O–H groups in total. The van der Waals surface area contributed by atoms with E-state index in [2.05, 4.69) is 15.3 Å². The topological polar surface area (TPSA) is 59.8 Å². The molecule has 2 aromatic heterocycles. The Kier molecular flexibility index (Phi) is 4.50. The van der Waals surface area contributed by atoms with E-state index in [1.807, 2.05) is 23.6 Å². The van der Waals surface area contributed by atoms with Gasteiger partial charge in [-0.1, -0.05) is 0 Å². The van der Waals surface area contributed by atoms with Crippen molar-refractivity contribution in [1.29, 1.82) is 0 Å². The van der Waals surface area contributed by atoms with Gasteiger partial charge in [0.05, 0.1) is 0 Å². The lowest BCUT2D eigenvalue weighted by Crippen LogP contribution is -2.26. The second-order valence-corrected chi connectivity index (χ2v) is 5.28. The zero-order valence-electron chi connectivity index (χ0n) is 13.1. The first-order valence-electron chi connectivity index (χ1n) is 7.63. The zero-order valence-corrected chi connectivity index (χ0v) is 13.1. The van der Waals surface area contributed by atoms with E-state index < -0.39 is 17.5 Å². The van der Waals surface area contributed by atoms with Crippen LogP contribution < -0.4 is 5.32 Å². The van der Waals surface area contributed by atoms with Crippen molar-refractivity contribution in [2.75, 3.05) is 6.54 Å². The van der Waals surface area contributed by atoms with Gasteiger partial charge in [-0.2, -0.15) is 0 Å². The molecule has 1 amide bonds. The maximum atomic E-state index is 13.2. The van der Waals surface area contributed by atoms with Gasteiger partial charge in [-0.3, -0.25) is 4.79 Å². The van der Waals surface area contributed by atoms with Gasteiger partial charge in [0, 0.05) is 37.3 Å².